The van der Waals surface area contributed by atoms with E-state index in [9.17, 15) is 4.79 Å². The van der Waals surface area contributed by atoms with Crippen LogP contribution in [0, 0.1) is 6.92 Å². The summed E-state index contributed by atoms with van der Waals surface area (Å²) in [5.74, 6) is 0.530. The van der Waals surface area contributed by atoms with E-state index >= 15 is 0 Å². The van der Waals surface area contributed by atoms with Gasteiger partial charge in [0.05, 0.1) is 5.69 Å². The van der Waals surface area contributed by atoms with Gasteiger partial charge in [0.15, 0.2) is 0 Å². The molecule has 5 heteroatoms. The molecule has 1 aromatic heterocycles. The van der Waals surface area contributed by atoms with Crippen LogP contribution in [0.1, 0.15) is 25.5 Å². The number of hydrogen-bond acceptors (Lipinski definition) is 3. The fourth-order valence-electron chi connectivity index (χ4n) is 1.18. The number of nitrogens with two attached hydrogens (primary N) is 1. The van der Waals surface area contributed by atoms with Crippen molar-refractivity contribution in [2.75, 3.05) is 5.32 Å². The van der Waals surface area contributed by atoms with Crippen LogP contribution in [0.4, 0.5) is 5.82 Å². The lowest BCUT2D eigenvalue weighted by Gasteiger charge is -2.07. The zero-order valence-electron chi connectivity index (χ0n) is 9.46. The fourth-order valence-corrected chi connectivity index (χ4v) is 1.40. The molecule has 0 fully saturated rings. The number of halogens is 1. The first-order valence-corrected chi connectivity index (χ1v) is 5.97. The number of rotatable bonds is 4. The molecule has 16 heavy (non-hydrogen) atoms. The van der Waals surface area contributed by atoms with Crippen molar-refractivity contribution in [3.8, 4) is 0 Å². The van der Waals surface area contributed by atoms with Gasteiger partial charge in [-0.05, 0) is 48.3 Å². The van der Waals surface area contributed by atoms with E-state index in [-0.39, 0.29) is 11.9 Å². The average Bonchev–Trinajstić information content (AvgIpc) is 2.21. The van der Waals surface area contributed by atoms with Crippen LogP contribution >= 0.6 is 15.9 Å². The monoisotopic (exact) mass is 285 g/mol. The van der Waals surface area contributed by atoms with E-state index in [1.165, 1.54) is 0 Å². The molecule has 0 radical (unpaired) electrons. The number of pyridine rings is 1. The van der Waals surface area contributed by atoms with Crippen molar-refractivity contribution in [2.45, 2.75) is 32.7 Å². The Morgan fingerprint density at radius 1 is 1.62 bits per heavy atom. The quantitative estimate of drug-likeness (QED) is 0.891. The van der Waals surface area contributed by atoms with Crippen molar-refractivity contribution >= 4 is 27.7 Å². The highest BCUT2D eigenvalue weighted by molar-refractivity contribution is 9.10. The number of anilines is 1. The van der Waals surface area contributed by atoms with E-state index < -0.39 is 0 Å². The van der Waals surface area contributed by atoms with Gasteiger partial charge in [0.2, 0.25) is 5.91 Å². The second-order valence-electron chi connectivity index (χ2n) is 3.83. The van der Waals surface area contributed by atoms with E-state index in [1.807, 2.05) is 19.9 Å². The molecule has 0 saturated carbocycles. The van der Waals surface area contributed by atoms with Crippen molar-refractivity contribution in [2.24, 2.45) is 5.73 Å². The summed E-state index contributed by atoms with van der Waals surface area (Å²) in [6.45, 7) is 3.76. The molecule has 1 heterocycles. The first kappa shape index (κ1) is 13.1. The van der Waals surface area contributed by atoms with Gasteiger partial charge in [-0.25, -0.2) is 4.98 Å². The second-order valence-corrected chi connectivity index (χ2v) is 4.68. The van der Waals surface area contributed by atoms with Crippen molar-refractivity contribution in [1.29, 1.82) is 0 Å². The molecule has 0 aromatic carbocycles. The summed E-state index contributed by atoms with van der Waals surface area (Å²) in [5.41, 5.74) is 6.43. The van der Waals surface area contributed by atoms with Gasteiger partial charge in [-0.3, -0.25) is 4.79 Å². The highest BCUT2D eigenvalue weighted by Crippen LogP contribution is 2.16. The third kappa shape index (κ3) is 4.28. The molecule has 88 valence electrons. The minimum absolute atomic E-state index is 0.0466. The average molecular weight is 286 g/mol. The number of carbonyl (C=O) groups is 1. The first-order valence-electron chi connectivity index (χ1n) is 5.17. The van der Waals surface area contributed by atoms with Crippen molar-refractivity contribution < 1.29 is 4.79 Å². The van der Waals surface area contributed by atoms with Crippen LogP contribution in [0.2, 0.25) is 0 Å². The van der Waals surface area contributed by atoms with Gasteiger partial charge in [-0.1, -0.05) is 0 Å². The largest absolute Gasteiger partial charge is 0.328 e. The summed E-state index contributed by atoms with van der Waals surface area (Å²) in [6.07, 6.45) is 1.11. The summed E-state index contributed by atoms with van der Waals surface area (Å²) >= 11 is 3.35. The third-order valence-corrected chi connectivity index (χ3v) is 2.95. The highest BCUT2D eigenvalue weighted by atomic mass is 79.9. The zero-order chi connectivity index (χ0) is 12.1. The predicted octanol–water partition coefficient (Wildman–Crippen LogP) is 2.22. The molecule has 1 aromatic rings. The number of carbonyl (C=O) groups excluding carboxylic acids is 1. The SMILES string of the molecule is Cc1nc(NC(=O)CCC(C)N)ccc1Br. The van der Waals surface area contributed by atoms with Crippen LogP contribution < -0.4 is 11.1 Å². The molecule has 0 saturated heterocycles. The Kier molecular flexibility index (Phi) is 4.89. The Bertz CT molecular complexity index is 379. The van der Waals surface area contributed by atoms with E-state index in [4.69, 9.17) is 5.73 Å². The van der Waals surface area contributed by atoms with Gasteiger partial charge in [0, 0.05) is 16.9 Å². The van der Waals surface area contributed by atoms with Gasteiger partial charge in [0.25, 0.3) is 0 Å². The molecule has 1 unspecified atom stereocenters. The predicted molar refractivity (Wildman–Crippen MR) is 68.2 cm³/mol. The molecule has 1 rings (SSSR count). The zero-order valence-corrected chi connectivity index (χ0v) is 11.0. The van der Waals surface area contributed by atoms with E-state index in [0.717, 1.165) is 10.2 Å². The molecule has 0 spiro atoms. The second kappa shape index (κ2) is 5.96. The Morgan fingerprint density at radius 2 is 2.31 bits per heavy atom. The Morgan fingerprint density at radius 3 is 2.88 bits per heavy atom. The lowest BCUT2D eigenvalue weighted by atomic mass is 10.2. The molecule has 0 bridgehead atoms. The molecule has 1 amide bonds. The minimum atomic E-state index is -0.0495. The number of nitrogens with zero attached hydrogens (tertiary/aromatic N) is 1. The lowest BCUT2D eigenvalue weighted by molar-refractivity contribution is -0.116. The van der Waals surface area contributed by atoms with E-state index in [0.29, 0.717) is 18.7 Å². The first-order chi connectivity index (χ1) is 7.49. The van der Waals surface area contributed by atoms with E-state index in [2.05, 4.69) is 26.2 Å². The maximum Gasteiger partial charge on any atom is 0.225 e. The molecular formula is C11H16BrN3O. The van der Waals surface area contributed by atoms with Gasteiger partial charge >= 0.3 is 0 Å². The molecular weight excluding hydrogens is 270 g/mol. The standard InChI is InChI=1S/C11H16BrN3O/c1-7(13)3-6-11(16)15-10-5-4-9(12)8(2)14-10/h4-5,7H,3,6,13H2,1-2H3,(H,14,15,16). The number of nitrogens with one attached hydrogen (secondary N) is 1. The topological polar surface area (TPSA) is 68.0 Å². The Hall–Kier alpha value is -0.940. The van der Waals surface area contributed by atoms with Crippen LogP contribution in [-0.4, -0.2) is 16.9 Å². The van der Waals surface area contributed by atoms with Gasteiger partial charge in [0.1, 0.15) is 5.82 Å². The van der Waals surface area contributed by atoms with E-state index in [1.54, 1.807) is 6.07 Å². The molecule has 4 nitrogen and oxygen atoms in total. The number of aromatic nitrogens is 1. The van der Waals surface area contributed by atoms with Crippen LogP contribution in [0.5, 0.6) is 0 Å². The van der Waals surface area contributed by atoms with Gasteiger partial charge in [-0.2, -0.15) is 0 Å². The minimum Gasteiger partial charge on any atom is -0.328 e. The summed E-state index contributed by atoms with van der Waals surface area (Å²) in [4.78, 5) is 15.7. The maximum absolute atomic E-state index is 11.5. The smallest absolute Gasteiger partial charge is 0.225 e. The third-order valence-electron chi connectivity index (χ3n) is 2.12. The van der Waals surface area contributed by atoms with Crippen LogP contribution in [0.15, 0.2) is 16.6 Å². The summed E-state index contributed by atoms with van der Waals surface area (Å²) in [5, 5.41) is 2.74. The van der Waals surface area contributed by atoms with Crippen LogP contribution in [0.3, 0.4) is 0 Å². The van der Waals surface area contributed by atoms with Crippen molar-refractivity contribution in [1.82, 2.24) is 4.98 Å². The summed E-state index contributed by atoms with van der Waals surface area (Å²) < 4.78 is 0.932. The van der Waals surface area contributed by atoms with Crippen molar-refractivity contribution in [3.05, 3.63) is 22.3 Å². The Balaban J connectivity index is 2.53. The van der Waals surface area contributed by atoms with Gasteiger partial charge < -0.3 is 11.1 Å². The van der Waals surface area contributed by atoms with Gasteiger partial charge in [-0.15, -0.1) is 0 Å². The molecule has 0 aliphatic carbocycles. The maximum atomic E-state index is 11.5. The normalized spacial score (nSPS) is 12.2. The highest BCUT2D eigenvalue weighted by Gasteiger charge is 2.05. The lowest BCUT2D eigenvalue weighted by Crippen LogP contribution is -2.19. The number of hydrogen-bond donors (Lipinski definition) is 2. The molecule has 3 N–H and O–H groups in total. The molecule has 0 aliphatic rings. The van der Waals surface area contributed by atoms with Crippen molar-refractivity contribution in [3.63, 3.8) is 0 Å². The fraction of sp³-hybridized carbons (Fsp3) is 0.455. The summed E-state index contributed by atoms with van der Waals surface area (Å²) in [6, 6.07) is 3.68. The number of aryl methyl sites for hydroxylation is 1. The molecule has 1 atom stereocenters. The van der Waals surface area contributed by atoms with Crippen LogP contribution in [0.25, 0.3) is 0 Å². The number of amides is 1. The summed E-state index contributed by atoms with van der Waals surface area (Å²) in [7, 11) is 0. The molecule has 0 aliphatic heterocycles. The Labute approximate surface area is 104 Å². The van der Waals surface area contributed by atoms with Crippen LogP contribution in [-0.2, 0) is 4.79 Å².